The maximum Gasteiger partial charge on any atom is 0.410 e. The second kappa shape index (κ2) is 7.23. The van der Waals surface area contributed by atoms with E-state index in [1.165, 1.54) is 0 Å². The standard InChI is InChI=1S/C17H28N4O3/c1-12-14(9-18-19-12)15(22)21-8-6-7-13(11-21)10-20(5)16(23)24-17(2,3)4/h9,13H,6-8,10-11H2,1-5H3,(H,18,19)/t13-/m0/s1. The highest BCUT2D eigenvalue weighted by molar-refractivity contribution is 5.95. The zero-order valence-electron chi connectivity index (χ0n) is 15.3. The fourth-order valence-corrected chi connectivity index (χ4v) is 2.94. The first-order chi connectivity index (χ1) is 11.2. The van der Waals surface area contributed by atoms with E-state index in [1.54, 1.807) is 18.1 Å². The van der Waals surface area contributed by atoms with E-state index in [-0.39, 0.29) is 17.9 Å². The Morgan fingerprint density at radius 3 is 2.75 bits per heavy atom. The molecule has 1 fully saturated rings. The largest absolute Gasteiger partial charge is 0.444 e. The average Bonchev–Trinajstić information content (AvgIpc) is 2.91. The highest BCUT2D eigenvalue weighted by Gasteiger charge is 2.28. The van der Waals surface area contributed by atoms with E-state index in [9.17, 15) is 9.59 Å². The van der Waals surface area contributed by atoms with Crippen LogP contribution in [0.15, 0.2) is 6.20 Å². The Balaban J connectivity index is 1.92. The summed E-state index contributed by atoms with van der Waals surface area (Å²) in [5, 5.41) is 6.72. The number of hydrogen-bond donors (Lipinski definition) is 1. The van der Waals surface area contributed by atoms with Crippen molar-refractivity contribution in [3.05, 3.63) is 17.5 Å². The lowest BCUT2D eigenvalue weighted by molar-refractivity contribution is 0.0244. The van der Waals surface area contributed by atoms with Gasteiger partial charge in [-0.15, -0.1) is 0 Å². The summed E-state index contributed by atoms with van der Waals surface area (Å²) in [6.07, 6.45) is 3.20. The Bertz CT molecular complexity index is 591. The quantitative estimate of drug-likeness (QED) is 0.919. The van der Waals surface area contributed by atoms with Crippen molar-refractivity contribution in [3.8, 4) is 0 Å². The topological polar surface area (TPSA) is 78.5 Å². The van der Waals surface area contributed by atoms with Crippen LogP contribution < -0.4 is 0 Å². The molecule has 24 heavy (non-hydrogen) atoms. The lowest BCUT2D eigenvalue weighted by Gasteiger charge is -2.35. The smallest absolute Gasteiger partial charge is 0.410 e. The van der Waals surface area contributed by atoms with Gasteiger partial charge in [-0.2, -0.15) is 5.10 Å². The molecule has 2 amide bonds. The molecule has 1 aromatic heterocycles. The first-order valence-electron chi connectivity index (χ1n) is 8.40. The van der Waals surface area contributed by atoms with Crippen LogP contribution in [0.4, 0.5) is 4.79 Å². The van der Waals surface area contributed by atoms with Crippen LogP contribution in [-0.2, 0) is 4.74 Å². The molecule has 0 bridgehead atoms. The van der Waals surface area contributed by atoms with Gasteiger partial charge in [0.05, 0.1) is 11.8 Å². The number of nitrogens with zero attached hydrogens (tertiary/aromatic N) is 3. The van der Waals surface area contributed by atoms with E-state index in [1.807, 2.05) is 32.6 Å². The van der Waals surface area contributed by atoms with Gasteiger partial charge in [0.25, 0.3) is 5.91 Å². The summed E-state index contributed by atoms with van der Waals surface area (Å²) in [7, 11) is 1.75. The monoisotopic (exact) mass is 336 g/mol. The number of aromatic amines is 1. The molecular weight excluding hydrogens is 308 g/mol. The van der Waals surface area contributed by atoms with Gasteiger partial charge in [0.2, 0.25) is 0 Å². The van der Waals surface area contributed by atoms with Gasteiger partial charge < -0.3 is 14.5 Å². The van der Waals surface area contributed by atoms with Crippen molar-refractivity contribution in [3.63, 3.8) is 0 Å². The number of nitrogens with one attached hydrogen (secondary N) is 1. The molecule has 2 heterocycles. The number of amides is 2. The molecule has 7 nitrogen and oxygen atoms in total. The van der Waals surface area contributed by atoms with Crippen molar-refractivity contribution in [2.45, 2.75) is 46.1 Å². The van der Waals surface area contributed by atoms with Gasteiger partial charge in [-0.1, -0.05) is 0 Å². The lowest BCUT2D eigenvalue weighted by Crippen LogP contribution is -2.45. The molecule has 1 atom stereocenters. The van der Waals surface area contributed by atoms with Crippen LogP contribution in [0, 0.1) is 12.8 Å². The van der Waals surface area contributed by atoms with Crippen molar-refractivity contribution in [1.29, 1.82) is 0 Å². The van der Waals surface area contributed by atoms with Gasteiger partial charge in [-0.05, 0) is 46.5 Å². The average molecular weight is 336 g/mol. The minimum absolute atomic E-state index is 0.00544. The number of hydrogen-bond acceptors (Lipinski definition) is 4. The molecule has 134 valence electrons. The van der Waals surface area contributed by atoms with Crippen molar-refractivity contribution in [2.24, 2.45) is 5.92 Å². The number of carbonyl (C=O) groups is 2. The van der Waals surface area contributed by atoms with Crippen molar-refractivity contribution in [2.75, 3.05) is 26.7 Å². The second-order valence-corrected chi connectivity index (χ2v) is 7.53. The number of rotatable bonds is 3. The number of carbonyl (C=O) groups excluding carboxylic acids is 2. The molecule has 0 radical (unpaired) electrons. The Morgan fingerprint density at radius 1 is 1.46 bits per heavy atom. The maximum absolute atomic E-state index is 12.6. The number of likely N-dealkylation sites (tertiary alicyclic amines) is 1. The summed E-state index contributed by atoms with van der Waals surface area (Å²) in [6, 6.07) is 0. The maximum atomic E-state index is 12.6. The van der Waals surface area contributed by atoms with Gasteiger partial charge >= 0.3 is 6.09 Å². The minimum Gasteiger partial charge on any atom is -0.444 e. The molecule has 0 saturated carbocycles. The number of piperidine rings is 1. The second-order valence-electron chi connectivity index (χ2n) is 7.53. The molecule has 0 spiro atoms. The number of ether oxygens (including phenoxy) is 1. The van der Waals surface area contributed by atoms with E-state index in [0.29, 0.717) is 18.7 Å². The van der Waals surface area contributed by atoms with Gasteiger partial charge in [0.1, 0.15) is 5.60 Å². The summed E-state index contributed by atoms with van der Waals surface area (Å²) < 4.78 is 5.38. The zero-order chi connectivity index (χ0) is 17.9. The molecule has 1 N–H and O–H groups in total. The molecule has 0 aromatic carbocycles. The Labute approximate surface area is 143 Å². The van der Waals surface area contributed by atoms with Crippen molar-refractivity contribution in [1.82, 2.24) is 20.0 Å². The van der Waals surface area contributed by atoms with Crippen LogP contribution in [0.5, 0.6) is 0 Å². The summed E-state index contributed by atoms with van der Waals surface area (Å²) >= 11 is 0. The van der Waals surface area contributed by atoms with Crippen molar-refractivity contribution >= 4 is 12.0 Å². The summed E-state index contributed by atoms with van der Waals surface area (Å²) in [5.74, 6) is 0.262. The van der Waals surface area contributed by atoms with Crippen LogP contribution >= 0.6 is 0 Å². The van der Waals surface area contributed by atoms with Crippen molar-refractivity contribution < 1.29 is 14.3 Å². The van der Waals surface area contributed by atoms with E-state index in [2.05, 4.69) is 10.2 Å². The molecule has 1 aromatic rings. The summed E-state index contributed by atoms with van der Waals surface area (Å²) in [6.45, 7) is 9.39. The van der Waals surface area contributed by atoms with Crippen LogP contribution in [0.2, 0.25) is 0 Å². The van der Waals surface area contributed by atoms with Gasteiger partial charge in [-0.25, -0.2) is 4.79 Å². The predicted octanol–water partition coefficient (Wildman–Crippen LogP) is 2.44. The summed E-state index contributed by atoms with van der Waals surface area (Å²) in [4.78, 5) is 28.1. The molecule has 1 aliphatic rings. The van der Waals surface area contributed by atoms with Crippen LogP contribution in [0.3, 0.4) is 0 Å². The fourth-order valence-electron chi connectivity index (χ4n) is 2.94. The van der Waals surface area contributed by atoms with E-state index in [0.717, 1.165) is 25.1 Å². The Kier molecular flexibility index (Phi) is 5.51. The number of aromatic nitrogens is 2. The van der Waals surface area contributed by atoms with E-state index in [4.69, 9.17) is 4.74 Å². The van der Waals surface area contributed by atoms with E-state index >= 15 is 0 Å². The summed E-state index contributed by atoms with van der Waals surface area (Å²) in [5.41, 5.74) is 0.905. The first kappa shape index (κ1) is 18.3. The zero-order valence-corrected chi connectivity index (χ0v) is 15.3. The van der Waals surface area contributed by atoms with Gasteiger partial charge in [0, 0.05) is 32.4 Å². The third-order valence-electron chi connectivity index (χ3n) is 4.10. The third-order valence-corrected chi connectivity index (χ3v) is 4.10. The van der Waals surface area contributed by atoms with Gasteiger partial charge in [0.15, 0.2) is 0 Å². The molecule has 2 rings (SSSR count). The molecule has 7 heteroatoms. The number of H-pyrrole nitrogens is 1. The lowest BCUT2D eigenvalue weighted by atomic mass is 9.97. The molecular formula is C17H28N4O3. The number of aryl methyl sites for hydroxylation is 1. The predicted molar refractivity (Wildman–Crippen MR) is 90.8 cm³/mol. The fraction of sp³-hybridized carbons (Fsp3) is 0.706. The first-order valence-corrected chi connectivity index (χ1v) is 8.40. The molecule has 1 saturated heterocycles. The SMILES string of the molecule is Cc1[nH]ncc1C(=O)N1CCC[C@@H](CN(C)C(=O)OC(C)(C)C)C1. The van der Waals surface area contributed by atoms with Crippen LogP contribution in [-0.4, -0.2) is 64.3 Å². The van der Waals surface area contributed by atoms with Crippen LogP contribution in [0.1, 0.15) is 49.7 Å². The Morgan fingerprint density at radius 2 is 2.17 bits per heavy atom. The highest BCUT2D eigenvalue weighted by Crippen LogP contribution is 2.21. The third kappa shape index (κ3) is 4.72. The molecule has 0 aliphatic carbocycles. The molecule has 1 aliphatic heterocycles. The van der Waals surface area contributed by atoms with E-state index < -0.39 is 5.60 Å². The molecule has 0 unspecified atom stereocenters. The van der Waals surface area contributed by atoms with Crippen LogP contribution in [0.25, 0.3) is 0 Å². The normalized spacial score (nSPS) is 18.4. The highest BCUT2D eigenvalue weighted by atomic mass is 16.6. The van der Waals surface area contributed by atoms with Gasteiger partial charge in [-0.3, -0.25) is 9.89 Å². The minimum atomic E-state index is -0.501. The Hall–Kier alpha value is -2.05.